The predicted octanol–water partition coefficient (Wildman–Crippen LogP) is 5.85. The molecule has 0 spiro atoms. The molecule has 34 heavy (non-hydrogen) atoms. The van der Waals surface area contributed by atoms with Crippen LogP contribution in [0.1, 0.15) is 67.8 Å². The molecule has 1 aliphatic carbocycles. The monoisotopic (exact) mass is 515 g/mol. The zero-order valence-electron chi connectivity index (χ0n) is 20.2. The number of carbonyl (C=O) groups is 1. The van der Waals surface area contributed by atoms with E-state index in [9.17, 15) is 23.1 Å². The fraction of sp³-hybridized carbons (Fsp3) is 0.542. The summed E-state index contributed by atoms with van der Waals surface area (Å²) in [5, 5.41) is 13.1. The number of pyridine rings is 2. The minimum atomic E-state index is -4.64. The number of nitrogens with zero attached hydrogens (tertiary/aromatic N) is 2. The molecule has 1 amide bonds. The van der Waals surface area contributed by atoms with E-state index >= 15 is 0 Å². The topological polar surface area (TPSA) is 75.1 Å². The molecule has 0 radical (unpaired) electrons. The first kappa shape index (κ1) is 28.3. The molecule has 2 aromatic heterocycles. The highest BCUT2D eigenvalue weighted by molar-refractivity contribution is 6.59. The zero-order valence-corrected chi connectivity index (χ0v) is 22.1. The molecular weight excluding hydrogens is 483 g/mol. The maximum absolute atomic E-state index is 13.0. The first-order valence-corrected chi connectivity index (χ1v) is 14.6. The van der Waals surface area contributed by atoms with Gasteiger partial charge in [-0.2, -0.15) is 13.2 Å². The first-order valence-electron chi connectivity index (χ1n) is 11.3. The molecule has 3 atom stereocenters. The Kier molecular flexibility index (Phi) is 9.68. The van der Waals surface area contributed by atoms with Crippen LogP contribution in [0.4, 0.5) is 13.2 Å². The molecule has 2 aromatic rings. The van der Waals surface area contributed by atoms with E-state index in [2.05, 4.69) is 49.1 Å². The summed E-state index contributed by atoms with van der Waals surface area (Å²) in [6.45, 7) is 11.7. The lowest BCUT2D eigenvalue weighted by molar-refractivity contribution is -0.141. The number of carbonyl (C=O) groups excluding carboxylic acids is 1. The third-order valence-electron chi connectivity index (χ3n) is 6.31. The number of aromatic nitrogens is 2. The highest BCUT2D eigenvalue weighted by atomic mass is 35.5. The summed E-state index contributed by atoms with van der Waals surface area (Å²) in [4.78, 5) is 19.9. The molecule has 0 bridgehead atoms. The van der Waals surface area contributed by atoms with Gasteiger partial charge in [0.05, 0.1) is 17.2 Å². The lowest BCUT2D eigenvalue weighted by atomic mass is 9.81. The molecule has 0 aromatic carbocycles. The average molecular weight is 516 g/mol. The summed E-state index contributed by atoms with van der Waals surface area (Å²) < 4.78 is 39.1. The predicted molar refractivity (Wildman–Crippen MR) is 131 cm³/mol. The lowest BCUT2D eigenvalue weighted by Gasteiger charge is -2.33. The van der Waals surface area contributed by atoms with Crippen molar-refractivity contribution < 1.29 is 23.1 Å². The number of alkyl halides is 3. The number of nitrogens with one attached hydrogen (secondary N) is 1. The van der Waals surface area contributed by atoms with Crippen LogP contribution in [-0.2, 0) is 6.18 Å². The minimum Gasteiger partial charge on any atom is -0.391 e. The van der Waals surface area contributed by atoms with Gasteiger partial charge in [0.25, 0.3) is 5.91 Å². The Morgan fingerprint density at radius 3 is 2.32 bits per heavy atom. The Bertz CT molecular complexity index is 953. The Balaban J connectivity index is 0.000000509. The Morgan fingerprint density at radius 2 is 1.79 bits per heavy atom. The molecule has 10 heteroatoms. The summed E-state index contributed by atoms with van der Waals surface area (Å²) in [7, 11) is -0.359. The highest BCUT2D eigenvalue weighted by Crippen LogP contribution is 2.37. The summed E-state index contributed by atoms with van der Waals surface area (Å²) in [6.07, 6.45) is -2.89. The second-order valence-corrected chi connectivity index (χ2v) is 14.4. The van der Waals surface area contributed by atoms with Gasteiger partial charge in [0.15, 0.2) is 5.69 Å². The van der Waals surface area contributed by atoms with Crippen molar-refractivity contribution in [2.24, 2.45) is 0 Å². The lowest BCUT2D eigenvalue weighted by Crippen LogP contribution is -2.47. The summed E-state index contributed by atoms with van der Waals surface area (Å²) in [5.41, 5.74) is -0.673. The SMILES string of the molecule is C[SiH](C)C(C)(C)C.O=C(N[C@H]1C[C@@H](c2ccc(Cl)c(C(F)(F)F)n2)CC[C@@H]1O)c1ccccn1. The van der Waals surface area contributed by atoms with Crippen LogP contribution in [0.15, 0.2) is 36.5 Å². The number of aliphatic hydroxyl groups excluding tert-OH is 1. The summed E-state index contributed by atoms with van der Waals surface area (Å²) in [5.74, 6) is -0.777. The molecule has 5 nitrogen and oxygen atoms in total. The maximum Gasteiger partial charge on any atom is 0.434 e. The van der Waals surface area contributed by atoms with Gasteiger partial charge in [-0.1, -0.05) is 51.5 Å². The third-order valence-corrected chi connectivity index (χ3v) is 10.1. The summed E-state index contributed by atoms with van der Waals surface area (Å²) in [6, 6.07) is 6.91. The molecule has 188 valence electrons. The van der Waals surface area contributed by atoms with Crippen molar-refractivity contribution >= 4 is 26.3 Å². The van der Waals surface area contributed by atoms with Crippen molar-refractivity contribution in [1.82, 2.24) is 15.3 Å². The second-order valence-electron chi connectivity index (χ2n) is 9.96. The smallest absolute Gasteiger partial charge is 0.391 e. The van der Waals surface area contributed by atoms with E-state index in [-0.39, 0.29) is 32.5 Å². The van der Waals surface area contributed by atoms with Gasteiger partial charge in [0, 0.05) is 26.6 Å². The zero-order chi connectivity index (χ0) is 25.7. The van der Waals surface area contributed by atoms with Crippen LogP contribution in [0.2, 0.25) is 23.2 Å². The molecule has 3 rings (SSSR count). The van der Waals surface area contributed by atoms with Crippen molar-refractivity contribution in [1.29, 1.82) is 0 Å². The van der Waals surface area contributed by atoms with Gasteiger partial charge >= 0.3 is 6.18 Å². The largest absolute Gasteiger partial charge is 0.434 e. The van der Waals surface area contributed by atoms with Crippen molar-refractivity contribution in [2.75, 3.05) is 0 Å². The van der Waals surface area contributed by atoms with Crippen molar-refractivity contribution in [3.8, 4) is 0 Å². The molecule has 0 aliphatic heterocycles. The van der Waals surface area contributed by atoms with Gasteiger partial charge in [-0.05, 0) is 48.6 Å². The van der Waals surface area contributed by atoms with Crippen molar-refractivity contribution in [3.63, 3.8) is 0 Å². The van der Waals surface area contributed by atoms with Crippen LogP contribution in [0.25, 0.3) is 0 Å². The fourth-order valence-electron chi connectivity index (χ4n) is 3.20. The molecule has 1 saturated carbocycles. The number of amides is 1. The van der Waals surface area contributed by atoms with E-state index in [0.29, 0.717) is 17.9 Å². The van der Waals surface area contributed by atoms with Crippen molar-refractivity contribution in [2.45, 2.75) is 82.4 Å². The molecule has 0 unspecified atom stereocenters. The van der Waals surface area contributed by atoms with Crippen molar-refractivity contribution in [3.05, 3.63) is 58.6 Å². The number of aliphatic hydroxyl groups is 1. The van der Waals surface area contributed by atoms with E-state index in [1.54, 1.807) is 18.2 Å². The average Bonchev–Trinajstić information content (AvgIpc) is 2.75. The first-order chi connectivity index (χ1) is 15.7. The number of hydrogen-bond acceptors (Lipinski definition) is 4. The van der Waals surface area contributed by atoms with E-state index < -0.39 is 34.9 Å². The van der Waals surface area contributed by atoms with Crippen LogP contribution in [-0.4, -0.2) is 41.9 Å². The standard InChI is InChI=1S/C18H17ClF3N3O2.C6H16Si/c19-11-5-6-12(24-16(11)18(20,21)22)10-4-7-15(26)14(9-10)25-17(27)13-3-1-2-8-23-13;1-6(2,3)7(4)5/h1-3,5-6,8,10,14-15,26H,4,7,9H2,(H,25,27);7H,1-5H3/t10-,14-,15-;/m0./s1. The summed E-state index contributed by atoms with van der Waals surface area (Å²) >= 11 is 5.62. The van der Waals surface area contributed by atoms with Gasteiger partial charge in [-0.3, -0.25) is 9.78 Å². The number of halogens is 4. The number of rotatable bonds is 3. The molecular formula is C24H33ClF3N3O2Si. The van der Waals surface area contributed by atoms with E-state index in [4.69, 9.17) is 11.6 Å². The normalized spacial score (nSPS) is 21.0. The third kappa shape index (κ3) is 8.06. The molecule has 1 aliphatic rings. The van der Waals surface area contributed by atoms with Gasteiger partial charge in [-0.15, -0.1) is 0 Å². The van der Waals surface area contributed by atoms with E-state index in [0.717, 1.165) is 0 Å². The van der Waals surface area contributed by atoms with Crippen LogP contribution < -0.4 is 5.32 Å². The number of hydrogen-bond donors (Lipinski definition) is 2. The van der Waals surface area contributed by atoms with Crippen LogP contribution in [0, 0.1) is 0 Å². The fourth-order valence-corrected chi connectivity index (χ4v) is 3.41. The van der Waals surface area contributed by atoms with Crippen LogP contribution >= 0.6 is 11.6 Å². The molecule has 2 N–H and O–H groups in total. The van der Waals surface area contributed by atoms with Crippen LogP contribution in [0.3, 0.4) is 0 Å². The Hall–Kier alpha value is -1.97. The van der Waals surface area contributed by atoms with Gasteiger partial charge < -0.3 is 10.4 Å². The van der Waals surface area contributed by atoms with Crippen LogP contribution in [0.5, 0.6) is 0 Å². The van der Waals surface area contributed by atoms with Gasteiger partial charge in [0.1, 0.15) is 5.69 Å². The van der Waals surface area contributed by atoms with Gasteiger partial charge in [-0.25, -0.2) is 4.98 Å². The Morgan fingerprint density at radius 1 is 1.15 bits per heavy atom. The molecule has 1 fully saturated rings. The minimum absolute atomic E-state index is 0.204. The maximum atomic E-state index is 13.0. The molecule has 0 saturated heterocycles. The van der Waals surface area contributed by atoms with E-state index in [1.165, 1.54) is 18.3 Å². The van der Waals surface area contributed by atoms with Gasteiger partial charge in [0.2, 0.25) is 0 Å². The quantitative estimate of drug-likeness (QED) is 0.503. The highest BCUT2D eigenvalue weighted by Gasteiger charge is 2.37. The Labute approximate surface area is 205 Å². The van der Waals surface area contributed by atoms with E-state index in [1.807, 2.05) is 0 Å². The second kappa shape index (κ2) is 11.6. The molecule has 2 heterocycles.